The zero-order valence-electron chi connectivity index (χ0n) is 15.6. The maximum atomic E-state index is 13.1. The number of nitrogens with zero attached hydrogens (tertiary/aromatic N) is 2. The number of carbonyl (C=O) groups is 1. The second-order valence-corrected chi connectivity index (χ2v) is 7.75. The summed E-state index contributed by atoms with van der Waals surface area (Å²) < 4.78 is 13.1. The van der Waals surface area contributed by atoms with Gasteiger partial charge in [-0.25, -0.2) is 4.39 Å². The highest BCUT2D eigenvalue weighted by Crippen LogP contribution is 2.35. The molecule has 0 saturated carbocycles. The van der Waals surface area contributed by atoms with Crippen LogP contribution in [0.2, 0.25) is 0 Å². The number of nitro benzene ring substituents is 1. The Hall–Kier alpha value is -2.45. The van der Waals surface area contributed by atoms with Gasteiger partial charge in [-0.2, -0.15) is 0 Å². The van der Waals surface area contributed by atoms with Crippen molar-refractivity contribution in [2.75, 3.05) is 19.6 Å². The second kappa shape index (κ2) is 9.16. The molecule has 28 heavy (non-hydrogen) atoms. The summed E-state index contributed by atoms with van der Waals surface area (Å²) in [4.78, 5) is 26.8. The molecule has 148 valence electrons. The Balaban J connectivity index is 1.75. The van der Waals surface area contributed by atoms with Gasteiger partial charge >= 0.3 is 0 Å². The van der Waals surface area contributed by atoms with Crippen LogP contribution in [0, 0.1) is 15.9 Å². The van der Waals surface area contributed by atoms with Crippen molar-refractivity contribution in [3.05, 3.63) is 64.0 Å². The van der Waals surface area contributed by atoms with Crippen molar-refractivity contribution in [2.45, 2.75) is 35.6 Å². The van der Waals surface area contributed by atoms with Gasteiger partial charge in [0.2, 0.25) is 0 Å². The molecule has 2 aromatic rings. The normalized spacial score (nSPS) is 16.9. The van der Waals surface area contributed by atoms with Crippen molar-refractivity contribution >= 4 is 23.4 Å². The lowest BCUT2D eigenvalue weighted by Crippen LogP contribution is -2.40. The van der Waals surface area contributed by atoms with E-state index in [1.807, 2.05) is 0 Å². The smallest absolute Gasteiger partial charge is 0.283 e. The highest BCUT2D eigenvalue weighted by molar-refractivity contribution is 7.99. The number of nitro groups is 1. The van der Waals surface area contributed by atoms with E-state index in [-0.39, 0.29) is 17.4 Å². The summed E-state index contributed by atoms with van der Waals surface area (Å²) in [5.74, 6) is -0.626. The van der Waals surface area contributed by atoms with Gasteiger partial charge in [0, 0.05) is 29.1 Å². The molecule has 0 bridgehead atoms. The van der Waals surface area contributed by atoms with Gasteiger partial charge in [0.05, 0.1) is 9.82 Å². The van der Waals surface area contributed by atoms with Crippen LogP contribution in [0.4, 0.5) is 10.1 Å². The molecular weight excluding hydrogens is 381 g/mol. The van der Waals surface area contributed by atoms with Crippen LogP contribution in [0.3, 0.4) is 0 Å². The van der Waals surface area contributed by atoms with Crippen LogP contribution in [0.15, 0.2) is 52.3 Å². The van der Waals surface area contributed by atoms with Crippen LogP contribution in [-0.4, -0.2) is 41.4 Å². The fourth-order valence-corrected chi connectivity index (χ4v) is 4.33. The fraction of sp³-hybridized carbons (Fsp3) is 0.350. The Labute approximate surface area is 167 Å². The van der Waals surface area contributed by atoms with E-state index in [0.29, 0.717) is 27.9 Å². The Kier molecular flexibility index (Phi) is 6.64. The SMILES string of the molecule is CCN1CCCC1CNC(=O)c1ccc([N+](=O)[O-])c(Sc2ccc(F)cc2)c1. The van der Waals surface area contributed by atoms with E-state index in [9.17, 15) is 19.3 Å². The minimum absolute atomic E-state index is 0.0844. The number of likely N-dealkylation sites (N-methyl/N-ethyl adjacent to an activating group) is 1. The number of rotatable bonds is 7. The second-order valence-electron chi connectivity index (χ2n) is 6.63. The molecule has 3 rings (SSSR count). The Morgan fingerprint density at radius 1 is 1.32 bits per heavy atom. The first-order chi connectivity index (χ1) is 13.5. The van der Waals surface area contributed by atoms with E-state index >= 15 is 0 Å². The number of nitrogens with one attached hydrogen (secondary N) is 1. The van der Waals surface area contributed by atoms with Crippen molar-refractivity contribution < 1.29 is 14.1 Å². The van der Waals surface area contributed by atoms with Crippen LogP contribution >= 0.6 is 11.8 Å². The highest BCUT2D eigenvalue weighted by Gasteiger charge is 2.24. The van der Waals surface area contributed by atoms with Crippen molar-refractivity contribution in [1.29, 1.82) is 0 Å². The van der Waals surface area contributed by atoms with Gasteiger partial charge in [0.15, 0.2) is 0 Å². The van der Waals surface area contributed by atoms with Crippen molar-refractivity contribution in [3.8, 4) is 0 Å². The highest BCUT2D eigenvalue weighted by atomic mass is 32.2. The van der Waals surface area contributed by atoms with E-state index in [2.05, 4.69) is 17.1 Å². The van der Waals surface area contributed by atoms with E-state index in [1.54, 1.807) is 12.1 Å². The molecule has 0 radical (unpaired) electrons. The van der Waals surface area contributed by atoms with Crippen LogP contribution < -0.4 is 5.32 Å². The van der Waals surface area contributed by atoms with E-state index in [1.165, 1.54) is 30.3 Å². The molecule has 1 heterocycles. The molecule has 0 spiro atoms. The zero-order valence-corrected chi connectivity index (χ0v) is 16.4. The van der Waals surface area contributed by atoms with Crippen molar-refractivity contribution in [3.63, 3.8) is 0 Å². The lowest BCUT2D eigenvalue weighted by Gasteiger charge is -2.22. The Bertz CT molecular complexity index is 860. The van der Waals surface area contributed by atoms with Crippen LogP contribution in [-0.2, 0) is 0 Å². The van der Waals surface area contributed by atoms with Crippen LogP contribution in [0.25, 0.3) is 0 Å². The van der Waals surface area contributed by atoms with Gasteiger partial charge in [0.1, 0.15) is 5.82 Å². The zero-order chi connectivity index (χ0) is 20.1. The number of hydrogen-bond donors (Lipinski definition) is 1. The molecule has 1 unspecified atom stereocenters. The molecule has 8 heteroatoms. The summed E-state index contributed by atoms with van der Waals surface area (Å²) >= 11 is 1.13. The average Bonchev–Trinajstić information content (AvgIpc) is 3.15. The minimum Gasteiger partial charge on any atom is -0.350 e. The molecule has 1 fully saturated rings. The molecule has 1 N–H and O–H groups in total. The predicted octanol–water partition coefficient (Wildman–Crippen LogP) is 4.10. The number of hydrogen-bond acceptors (Lipinski definition) is 5. The maximum Gasteiger partial charge on any atom is 0.283 e. The molecule has 0 aromatic heterocycles. The van der Waals surface area contributed by atoms with Crippen LogP contribution in [0.5, 0.6) is 0 Å². The Morgan fingerprint density at radius 2 is 2.07 bits per heavy atom. The van der Waals surface area contributed by atoms with E-state index in [0.717, 1.165) is 37.7 Å². The van der Waals surface area contributed by atoms with Gasteiger partial charge < -0.3 is 5.32 Å². The van der Waals surface area contributed by atoms with Gasteiger partial charge in [-0.15, -0.1) is 0 Å². The Morgan fingerprint density at radius 3 is 2.75 bits per heavy atom. The molecular formula is C20H22FN3O3S. The van der Waals surface area contributed by atoms with Crippen molar-refractivity contribution in [1.82, 2.24) is 10.2 Å². The molecule has 0 aliphatic carbocycles. The predicted molar refractivity (Wildman–Crippen MR) is 106 cm³/mol. The summed E-state index contributed by atoms with van der Waals surface area (Å²) in [7, 11) is 0. The average molecular weight is 403 g/mol. The topological polar surface area (TPSA) is 75.5 Å². The number of likely N-dealkylation sites (tertiary alicyclic amines) is 1. The molecule has 1 amide bonds. The summed E-state index contributed by atoms with van der Waals surface area (Å²) in [6.07, 6.45) is 2.18. The number of carbonyl (C=O) groups excluding carboxylic acids is 1. The summed E-state index contributed by atoms with van der Waals surface area (Å²) in [6.45, 7) is 4.67. The summed E-state index contributed by atoms with van der Waals surface area (Å²) in [5.41, 5.74) is 0.287. The molecule has 1 aliphatic heterocycles. The minimum atomic E-state index is -0.481. The number of amides is 1. The maximum absolute atomic E-state index is 13.1. The third-order valence-corrected chi connectivity index (χ3v) is 5.92. The fourth-order valence-electron chi connectivity index (χ4n) is 3.37. The third kappa shape index (κ3) is 4.88. The quantitative estimate of drug-likeness (QED) is 0.556. The molecule has 1 saturated heterocycles. The number of halogens is 1. The lowest BCUT2D eigenvalue weighted by molar-refractivity contribution is -0.387. The van der Waals surface area contributed by atoms with Crippen LogP contribution in [0.1, 0.15) is 30.1 Å². The van der Waals surface area contributed by atoms with Gasteiger partial charge in [-0.1, -0.05) is 18.7 Å². The summed E-state index contributed by atoms with van der Waals surface area (Å²) in [6, 6.07) is 10.4. The largest absolute Gasteiger partial charge is 0.350 e. The van der Waals surface area contributed by atoms with E-state index < -0.39 is 4.92 Å². The lowest BCUT2D eigenvalue weighted by atomic mass is 10.1. The number of benzene rings is 2. The first kappa shape index (κ1) is 20.3. The molecule has 6 nitrogen and oxygen atoms in total. The van der Waals surface area contributed by atoms with Crippen molar-refractivity contribution in [2.24, 2.45) is 0 Å². The molecule has 1 atom stereocenters. The van der Waals surface area contributed by atoms with Gasteiger partial charge in [-0.3, -0.25) is 19.8 Å². The third-order valence-electron chi connectivity index (χ3n) is 4.86. The standard InChI is InChI=1S/C20H22FN3O3S/c1-2-23-11-3-4-16(23)13-22-20(25)14-5-10-18(24(26)27)19(12-14)28-17-8-6-15(21)7-9-17/h5-10,12,16H,2-4,11,13H2,1H3,(H,22,25). The first-order valence-electron chi connectivity index (χ1n) is 9.22. The summed E-state index contributed by atoms with van der Waals surface area (Å²) in [5, 5.41) is 14.3. The first-order valence-corrected chi connectivity index (χ1v) is 10.0. The van der Waals surface area contributed by atoms with Gasteiger partial charge in [0.25, 0.3) is 11.6 Å². The monoisotopic (exact) mass is 403 g/mol. The molecule has 2 aromatic carbocycles. The van der Waals surface area contributed by atoms with E-state index in [4.69, 9.17) is 0 Å². The van der Waals surface area contributed by atoms with Gasteiger partial charge in [-0.05, 0) is 62.3 Å². The molecule has 1 aliphatic rings.